The van der Waals surface area contributed by atoms with Gasteiger partial charge in [0.1, 0.15) is 22.9 Å². The Morgan fingerprint density at radius 1 is 0.980 bits per heavy atom. The Bertz CT molecular complexity index is 1890. The standard InChI is InChI=1S/C36H37ClFN5O6/c1-36(2,3)49-30(44)13-15-48-16-14-39-34(45)25-12-10-23(18-29(25)47-5)42-35-41-20-21-19-40-33(31-27(38)7-6-8-28(31)46-4)26-17-22(37)9-11-24(26)32(21)43-35/h6-12,17-18,20H,13-16,19H2,1-5H3,(H,39,45)(H,41,42,43). The molecule has 1 aliphatic heterocycles. The van der Waals surface area contributed by atoms with Crippen molar-refractivity contribution in [1.29, 1.82) is 0 Å². The lowest BCUT2D eigenvalue weighted by atomic mass is 9.94. The van der Waals surface area contributed by atoms with E-state index in [4.69, 9.17) is 40.5 Å². The minimum absolute atomic E-state index is 0.125. The van der Waals surface area contributed by atoms with Crippen LogP contribution in [-0.4, -0.2) is 67.1 Å². The molecule has 2 heterocycles. The van der Waals surface area contributed by atoms with Crippen LogP contribution in [0.25, 0.3) is 11.3 Å². The predicted molar refractivity (Wildman–Crippen MR) is 185 cm³/mol. The van der Waals surface area contributed by atoms with Crippen molar-refractivity contribution in [3.63, 3.8) is 0 Å². The normalized spacial score (nSPS) is 12.2. The predicted octanol–water partition coefficient (Wildman–Crippen LogP) is 6.53. The monoisotopic (exact) mass is 689 g/mol. The van der Waals surface area contributed by atoms with Crippen LogP contribution in [0.2, 0.25) is 5.02 Å². The van der Waals surface area contributed by atoms with Crippen molar-refractivity contribution in [1.82, 2.24) is 15.3 Å². The number of carbonyl (C=O) groups is 2. The second kappa shape index (κ2) is 15.4. The molecule has 0 fully saturated rings. The number of ether oxygens (including phenoxy) is 4. The molecular formula is C36H37ClFN5O6. The fourth-order valence-corrected chi connectivity index (χ4v) is 5.34. The molecule has 0 saturated carbocycles. The molecule has 0 unspecified atom stereocenters. The number of nitrogens with zero attached hydrogens (tertiary/aromatic N) is 3. The summed E-state index contributed by atoms with van der Waals surface area (Å²) < 4.78 is 36.9. The van der Waals surface area contributed by atoms with Gasteiger partial charge < -0.3 is 29.6 Å². The van der Waals surface area contributed by atoms with Crippen molar-refractivity contribution in [2.24, 2.45) is 4.99 Å². The molecule has 2 N–H and O–H groups in total. The molecule has 11 nitrogen and oxygen atoms in total. The second-order valence-electron chi connectivity index (χ2n) is 12.0. The molecule has 3 aromatic carbocycles. The average Bonchev–Trinajstić information content (AvgIpc) is 3.21. The number of benzene rings is 3. The Balaban J connectivity index is 1.29. The van der Waals surface area contributed by atoms with E-state index in [0.29, 0.717) is 50.3 Å². The summed E-state index contributed by atoms with van der Waals surface area (Å²) in [7, 11) is 2.95. The van der Waals surface area contributed by atoms with E-state index in [0.717, 1.165) is 5.56 Å². The zero-order valence-corrected chi connectivity index (χ0v) is 28.6. The van der Waals surface area contributed by atoms with E-state index in [2.05, 4.69) is 15.6 Å². The molecule has 0 spiro atoms. The van der Waals surface area contributed by atoms with Gasteiger partial charge in [0.05, 0.1) is 62.9 Å². The van der Waals surface area contributed by atoms with Gasteiger partial charge in [-0.05, 0) is 57.2 Å². The van der Waals surface area contributed by atoms with Gasteiger partial charge in [0, 0.05) is 46.2 Å². The van der Waals surface area contributed by atoms with Crippen LogP contribution in [0.4, 0.5) is 16.0 Å². The maximum absolute atomic E-state index is 15.2. The van der Waals surface area contributed by atoms with Crippen molar-refractivity contribution in [2.75, 3.05) is 39.3 Å². The van der Waals surface area contributed by atoms with E-state index in [1.54, 1.807) is 69.4 Å². The highest BCUT2D eigenvalue weighted by atomic mass is 35.5. The first-order valence-corrected chi connectivity index (χ1v) is 15.9. The number of halogens is 2. The van der Waals surface area contributed by atoms with E-state index >= 15 is 4.39 Å². The molecule has 0 saturated heterocycles. The number of methoxy groups -OCH3 is 2. The molecule has 0 aliphatic carbocycles. The number of rotatable bonds is 12. The van der Waals surface area contributed by atoms with Crippen LogP contribution in [0.15, 0.2) is 65.8 Å². The van der Waals surface area contributed by atoms with Crippen molar-refractivity contribution < 1.29 is 32.9 Å². The number of aliphatic imine (C=N–C) groups is 1. The smallest absolute Gasteiger partial charge is 0.308 e. The van der Waals surface area contributed by atoms with Crippen LogP contribution in [0.1, 0.15) is 54.2 Å². The highest BCUT2D eigenvalue weighted by Gasteiger charge is 2.26. The second-order valence-corrected chi connectivity index (χ2v) is 12.4. The van der Waals surface area contributed by atoms with Gasteiger partial charge >= 0.3 is 5.97 Å². The summed E-state index contributed by atoms with van der Waals surface area (Å²) in [6.07, 6.45) is 1.79. The molecule has 5 rings (SSSR count). The Hall–Kier alpha value is -5.07. The molecule has 4 aromatic rings. The van der Waals surface area contributed by atoms with Crippen LogP contribution >= 0.6 is 11.6 Å². The number of fused-ring (bicyclic) bond motifs is 3. The third-order valence-corrected chi connectivity index (χ3v) is 7.54. The van der Waals surface area contributed by atoms with Crippen LogP contribution in [-0.2, 0) is 20.8 Å². The SMILES string of the molecule is COc1cc(Nc2ncc3c(n2)-c2ccc(Cl)cc2C(c2c(F)cccc2OC)=NC3)ccc1C(=O)NCCOCCC(=O)OC(C)(C)C. The topological polar surface area (TPSA) is 133 Å². The summed E-state index contributed by atoms with van der Waals surface area (Å²) in [5.41, 5.74) is 3.62. The first-order chi connectivity index (χ1) is 23.5. The molecule has 1 amide bonds. The number of hydrogen-bond donors (Lipinski definition) is 2. The highest BCUT2D eigenvalue weighted by Crippen LogP contribution is 2.36. The number of carbonyl (C=O) groups excluding carboxylic acids is 2. The maximum atomic E-state index is 15.2. The zero-order valence-electron chi connectivity index (χ0n) is 27.9. The van der Waals surface area contributed by atoms with Crippen molar-refractivity contribution in [3.8, 4) is 22.8 Å². The third kappa shape index (κ3) is 8.70. The largest absolute Gasteiger partial charge is 0.496 e. The molecule has 49 heavy (non-hydrogen) atoms. The average molecular weight is 690 g/mol. The maximum Gasteiger partial charge on any atom is 0.308 e. The Morgan fingerprint density at radius 2 is 1.78 bits per heavy atom. The molecule has 256 valence electrons. The summed E-state index contributed by atoms with van der Waals surface area (Å²) in [6, 6.07) is 14.9. The van der Waals surface area contributed by atoms with E-state index < -0.39 is 11.4 Å². The summed E-state index contributed by atoms with van der Waals surface area (Å²) in [5.74, 6) is -0.200. The lowest BCUT2D eigenvalue weighted by molar-refractivity contribution is -0.156. The van der Waals surface area contributed by atoms with Gasteiger partial charge in [-0.2, -0.15) is 0 Å². The third-order valence-electron chi connectivity index (χ3n) is 7.30. The number of esters is 1. The highest BCUT2D eigenvalue weighted by molar-refractivity contribution is 6.31. The molecule has 0 atom stereocenters. The van der Waals surface area contributed by atoms with Gasteiger partial charge in [-0.1, -0.05) is 23.7 Å². The Morgan fingerprint density at radius 3 is 2.53 bits per heavy atom. The van der Waals surface area contributed by atoms with Crippen LogP contribution in [0, 0.1) is 5.82 Å². The van der Waals surface area contributed by atoms with Gasteiger partial charge in [-0.15, -0.1) is 0 Å². The number of amides is 1. The van der Waals surface area contributed by atoms with Gasteiger partial charge in [-0.3, -0.25) is 14.6 Å². The number of nitrogens with one attached hydrogen (secondary N) is 2. The molecular weight excluding hydrogens is 653 g/mol. The van der Waals surface area contributed by atoms with E-state index in [1.807, 2.05) is 6.07 Å². The van der Waals surface area contributed by atoms with Gasteiger partial charge in [0.25, 0.3) is 5.91 Å². The van der Waals surface area contributed by atoms with Crippen LogP contribution < -0.4 is 20.1 Å². The molecule has 13 heteroatoms. The Kier molecular flexibility index (Phi) is 11.1. The summed E-state index contributed by atoms with van der Waals surface area (Å²) in [6.45, 7) is 6.25. The first-order valence-electron chi connectivity index (χ1n) is 15.5. The van der Waals surface area contributed by atoms with Crippen molar-refractivity contribution >= 4 is 40.8 Å². The van der Waals surface area contributed by atoms with E-state index in [9.17, 15) is 9.59 Å². The van der Waals surface area contributed by atoms with E-state index in [1.165, 1.54) is 20.3 Å². The fraction of sp³-hybridized carbons (Fsp3) is 0.306. The van der Waals surface area contributed by atoms with Crippen LogP contribution in [0.3, 0.4) is 0 Å². The lowest BCUT2D eigenvalue weighted by Gasteiger charge is -2.19. The molecule has 0 radical (unpaired) electrons. The lowest BCUT2D eigenvalue weighted by Crippen LogP contribution is -2.28. The minimum Gasteiger partial charge on any atom is -0.496 e. The van der Waals surface area contributed by atoms with Gasteiger partial charge in [0.2, 0.25) is 5.95 Å². The Labute approximate surface area is 288 Å². The van der Waals surface area contributed by atoms with Crippen LogP contribution in [0.5, 0.6) is 11.5 Å². The quantitative estimate of drug-likeness (QED) is 0.126. The summed E-state index contributed by atoms with van der Waals surface area (Å²) in [4.78, 5) is 38.8. The summed E-state index contributed by atoms with van der Waals surface area (Å²) >= 11 is 6.41. The molecule has 1 aliphatic rings. The summed E-state index contributed by atoms with van der Waals surface area (Å²) in [5, 5.41) is 6.43. The number of hydrogen-bond acceptors (Lipinski definition) is 10. The van der Waals surface area contributed by atoms with Gasteiger partial charge in [-0.25, -0.2) is 14.4 Å². The fourth-order valence-electron chi connectivity index (χ4n) is 5.17. The van der Waals surface area contributed by atoms with Gasteiger partial charge in [0.15, 0.2) is 0 Å². The van der Waals surface area contributed by atoms with Crippen molar-refractivity contribution in [2.45, 2.75) is 39.3 Å². The number of aromatic nitrogens is 2. The zero-order chi connectivity index (χ0) is 35.1. The first kappa shape index (κ1) is 35.2. The van der Waals surface area contributed by atoms with Crippen molar-refractivity contribution in [3.05, 3.63) is 93.9 Å². The molecule has 0 bridgehead atoms. The van der Waals surface area contributed by atoms with E-state index in [-0.39, 0.29) is 56.1 Å². The molecule has 1 aromatic heterocycles. The minimum atomic E-state index is -0.551. The number of anilines is 2.